The molecule has 0 spiro atoms. The Morgan fingerprint density at radius 1 is 1.60 bits per heavy atom. The van der Waals surface area contributed by atoms with Crippen LogP contribution in [0.15, 0.2) is 18.2 Å². The maximum absolute atomic E-state index is 10.7. The quantitative estimate of drug-likeness (QED) is 0.586. The maximum atomic E-state index is 10.7. The zero-order valence-electron chi connectivity index (χ0n) is 8.08. The molecular weight excluding hydrogens is 216 g/mol. The van der Waals surface area contributed by atoms with Gasteiger partial charge in [-0.1, -0.05) is 23.4 Å². The third kappa shape index (κ3) is 3.53. The SMILES string of the molecule is COC(=O)CC#Cc1ccc(O)c(Cl)c1. The highest BCUT2D eigenvalue weighted by Crippen LogP contribution is 2.22. The van der Waals surface area contributed by atoms with Crippen molar-refractivity contribution in [1.29, 1.82) is 0 Å². The van der Waals surface area contributed by atoms with Crippen molar-refractivity contribution in [2.24, 2.45) is 0 Å². The molecule has 3 nitrogen and oxygen atoms in total. The van der Waals surface area contributed by atoms with Crippen molar-refractivity contribution >= 4 is 17.6 Å². The van der Waals surface area contributed by atoms with Crippen LogP contribution in [-0.2, 0) is 9.53 Å². The summed E-state index contributed by atoms with van der Waals surface area (Å²) in [6.07, 6.45) is 0.0367. The molecule has 0 aliphatic heterocycles. The summed E-state index contributed by atoms with van der Waals surface area (Å²) in [6.45, 7) is 0. The zero-order valence-corrected chi connectivity index (χ0v) is 8.84. The number of esters is 1. The number of halogens is 1. The highest BCUT2D eigenvalue weighted by molar-refractivity contribution is 6.32. The standard InChI is InChI=1S/C11H9ClO3/c1-15-11(14)4-2-3-8-5-6-10(13)9(12)7-8/h5-7,13H,4H2,1H3. The van der Waals surface area contributed by atoms with Crippen LogP contribution in [0.4, 0.5) is 0 Å². The number of carbonyl (C=O) groups is 1. The molecule has 1 rings (SSSR count). The van der Waals surface area contributed by atoms with Gasteiger partial charge in [0.25, 0.3) is 0 Å². The molecule has 78 valence electrons. The van der Waals surface area contributed by atoms with Crippen molar-refractivity contribution < 1.29 is 14.6 Å². The number of aromatic hydroxyl groups is 1. The molecule has 0 aliphatic rings. The number of ether oxygens (including phenoxy) is 1. The normalized spacial score (nSPS) is 8.93. The fourth-order valence-corrected chi connectivity index (χ4v) is 1.06. The number of rotatable bonds is 1. The number of methoxy groups -OCH3 is 1. The number of hydrogen-bond acceptors (Lipinski definition) is 3. The van der Waals surface area contributed by atoms with Crippen molar-refractivity contribution in [1.82, 2.24) is 0 Å². The first kappa shape index (κ1) is 11.4. The Labute approximate surface area is 92.6 Å². The van der Waals surface area contributed by atoms with Crippen LogP contribution in [0.25, 0.3) is 0 Å². The molecule has 0 saturated carbocycles. The number of hydrogen-bond donors (Lipinski definition) is 1. The highest BCUT2D eigenvalue weighted by atomic mass is 35.5. The Morgan fingerprint density at radius 2 is 2.33 bits per heavy atom. The summed E-state index contributed by atoms with van der Waals surface area (Å²) in [7, 11) is 1.31. The van der Waals surface area contributed by atoms with E-state index < -0.39 is 0 Å². The average Bonchev–Trinajstić information content (AvgIpc) is 2.23. The third-order valence-electron chi connectivity index (χ3n) is 1.64. The van der Waals surface area contributed by atoms with E-state index in [1.165, 1.54) is 19.2 Å². The molecular formula is C11H9ClO3. The van der Waals surface area contributed by atoms with E-state index >= 15 is 0 Å². The van der Waals surface area contributed by atoms with Gasteiger partial charge in [-0.25, -0.2) is 0 Å². The highest BCUT2D eigenvalue weighted by Gasteiger charge is 1.97. The van der Waals surface area contributed by atoms with Crippen LogP contribution < -0.4 is 0 Å². The van der Waals surface area contributed by atoms with Crippen molar-refractivity contribution in [2.75, 3.05) is 7.11 Å². The van der Waals surface area contributed by atoms with Crippen LogP contribution in [-0.4, -0.2) is 18.2 Å². The van der Waals surface area contributed by atoms with E-state index in [1.54, 1.807) is 6.07 Å². The summed E-state index contributed by atoms with van der Waals surface area (Å²) < 4.78 is 4.42. The lowest BCUT2D eigenvalue weighted by Crippen LogP contribution is -1.96. The Kier molecular flexibility index (Phi) is 4.02. The number of benzene rings is 1. The number of phenolic OH excluding ortho intramolecular Hbond substituents is 1. The molecule has 0 aromatic heterocycles. The van der Waals surface area contributed by atoms with Crippen molar-refractivity contribution in [2.45, 2.75) is 6.42 Å². The fourth-order valence-electron chi connectivity index (χ4n) is 0.875. The Bertz CT molecular complexity index is 429. The van der Waals surface area contributed by atoms with E-state index in [4.69, 9.17) is 16.7 Å². The van der Waals surface area contributed by atoms with Crippen LogP contribution >= 0.6 is 11.6 Å². The lowest BCUT2D eigenvalue weighted by molar-refractivity contribution is -0.139. The van der Waals surface area contributed by atoms with E-state index in [0.29, 0.717) is 5.56 Å². The largest absolute Gasteiger partial charge is 0.506 e. The van der Waals surface area contributed by atoms with Gasteiger partial charge in [0.05, 0.1) is 12.1 Å². The molecule has 1 N–H and O–H groups in total. The van der Waals surface area contributed by atoms with E-state index in [1.807, 2.05) is 0 Å². The van der Waals surface area contributed by atoms with Crippen molar-refractivity contribution in [3.8, 4) is 17.6 Å². The van der Waals surface area contributed by atoms with Crippen molar-refractivity contribution in [3.05, 3.63) is 28.8 Å². The van der Waals surface area contributed by atoms with Gasteiger partial charge in [-0.3, -0.25) is 4.79 Å². The van der Waals surface area contributed by atoms with E-state index in [0.717, 1.165) is 0 Å². The van der Waals surface area contributed by atoms with Gasteiger partial charge in [0.2, 0.25) is 0 Å². The molecule has 0 unspecified atom stereocenters. The van der Waals surface area contributed by atoms with Gasteiger partial charge in [-0.05, 0) is 18.2 Å². The molecule has 0 atom stereocenters. The molecule has 15 heavy (non-hydrogen) atoms. The van der Waals surface area contributed by atoms with E-state index in [2.05, 4.69) is 16.6 Å². The first-order valence-corrected chi connectivity index (χ1v) is 4.55. The summed E-state index contributed by atoms with van der Waals surface area (Å²) in [5.41, 5.74) is 0.640. The van der Waals surface area contributed by atoms with Gasteiger partial charge in [-0.2, -0.15) is 0 Å². The van der Waals surface area contributed by atoms with Crippen molar-refractivity contribution in [3.63, 3.8) is 0 Å². The molecule has 0 fully saturated rings. The summed E-state index contributed by atoms with van der Waals surface area (Å²) in [6, 6.07) is 4.59. The second-order valence-corrected chi connectivity index (χ2v) is 3.13. The van der Waals surface area contributed by atoms with Gasteiger partial charge in [0, 0.05) is 5.56 Å². The summed E-state index contributed by atoms with van der Waals surface area (Å²) in [4.78, 5) is 10.7. The first-order valence-electron chi connectivity index (χ1n) is 4.17. The maximum Gasteiger partial charge on any atom is 0.317 e. The van der Waals surface area contributed by atoms with Crippen LogP contribution in [0.3, 0.4) is 0 Å². The van der Waals surface area contributed by atoms with Gasteiger partial charge < -0.3 is 9.84 Å². The van der Waals surface area contributed by atoms with E-state index in [-0.39, 0.29) is 23.2 Å². The third-order valence-corrected chi connectivity index (χ3v) is 1.94. The Balaban J connectivity index is 2.72. The summed E-state index contributed by atoms with van der Waals surface area (Å²) >= 11 is 5.67. The smallest absolute Gasteiger partial charge is 0.317 e. The fraction of sp³-hybridized carbons (Fsp3) is 0.182. The summed E-state index contributed by atoms with van der Waals surface area (Å²) in [5.74, 6) is 4.99. The summed E-state index contributed by atoms with van der Waals surface area (Å²) in [5, 5.41) is 9.38. The molecule has 0 amide bonds. The lowest BCUT2D eigenvalue weighted by Gasteiger charge is -1.95. The number of carbonyl (C=O) groups excluding carboxylic acids is 1. The molecule has 0 saturated heterocycles. The monoisotopic (exact) mass is 224 g/mol. The minimum Gasteiger partial charge on any atom is -0.506 e. The average molecular weight is 225 g/mol. The molecule has 4 heteroatoms. The molecule has 0 bridgehead atoms. The Hall–Kier alpha value is -1.66. The minimum absolute atomic E-state index is 0.00943. The predicted octanol–water partition coefficient (Wildman–Crippen LogP) is 1.96. The first-order chi connectivity index (χ1) is 7.13. The second-order valence-electron chi connectivity index (χ2n) is 2.72. The predicted molar refractivity (Wildman–Crippen MR) is 56.6 cm³/mol. The van der Waals surface area contributed by atoms with Gasteiger partial charge in [0.1, 0.15) is 12.2 Å². The van der Waals surface area contributed by atoms with Gasteiger partial charge >= 0.3 is 5.97 Å². The minimum atomic E-state index is -0.382. The topological polar surface area (TPSA) is 46.5 Å². The molecule has 0 heterocycles. The van der Waals surface area contributed by atoms with E-state index in [9.17, 15) is 4.79 Å². The van der Waals surface area contributed by atoms with Gasteiger partial charge in [0.15, 0.2) is 0 Å². The van der Waals surface area contributed by atoms with Gasteiger partial charge in [-0.15, -0.1) is 0 Å². The molecule has 1 aromatic rings. The van der Waals surface area contributed by atoms with Crippen LogP contribution in [0, 0.1) is 11.8 Å². The molecule has 0 aliphatic carbocycles. The second kappa shape index (κ2) is 5.28. The number of phenols is 1. The van der Waals surface area contributed by atoms with Crippen LogP contribution in [0.5, 0.6) is 5.75 Å². The Morgan fingerprint density at radius 3 is 2.93 bits per heavy atom. The molecule has 1 aromatic carbocycles. The lowest BCUT2D eigenvalue weighted by atomic mass is 10.2. The zero-order chi connectivity index (χ0) is 11.3. The van der Waals surface area contributed by atoms with Crippen LogP contribution in [0.2, 0.25) is 5.02 Å². The van der Waals surface area contributed by atoms with Crippen LogP contribution in [0.1, 0.15) is 12.0 Å². The molecule has 0 radical (unpaired) electrons.